The maximum absolute atomic E-state index is 13.1. The number of nitrogens with one attached hydrogen (secondary N) is 1. The van der Waals surface area contributed by atoms with Crippen LogP contribution in [0.2, 0.25) is 5.02 Å². The minimum absolute atomic E-state index is 0.0121. The summed E-state index contributed by atoms with van der Waals surface area (Å²) in [6.07, 6.45) is 2.47. The predicted octanol–water partition coefficient (Wildman–Crippen LogP) is 0.547. The molecule has 2 aromatic carbocycles. The molecule has 0 saturated carbocycles. The summed E-state index contributed by atoms with van der Waals surface area (Å²) < 4.78 is 8.92. The highest BCUT2D eigenvalue weighted by atomic mass is 35.5. The van der Waals surface area contributed by atoms with Crippen molar-refractivity contribution in [3.05, 3.63) is 98.0 Å². The van der Waals surface area contributed by atoms with E-state index in [1.807, 2.05) is 0 Å². The van der Waals surface area contributed by atoms with Crippen LogP contribution < -0.4 is 38.8 Å². The van der Waals surface area contributed by atoms with Crippen LogP contribution in [-0.2, 0) is 17.9 Å². The molecule has 13 heteroatoms. The second kappa shape index (κ2) is 10.4. The van der Waals surface area contributed by atoms with Gasteiger partial charge in [0.2, 0.25) is 17.9 Å². The van der Waals surface area contributed by atoms with E-state index < -0.39 is 17.7 Å². The first-order valence-corrected chi connectivity index (χ1v) is 10.9. The number of hydrogen-bond acceptors (Lipinski definition) is 9. The lowest BCUT2D eigenvalue weighted by Gasteiger charge is -2.16. The van der Waals surface area contributed by atoms with Crippen LogP contribution in [-0.4, -0.2) is 26.1 Å². The number of nitrogen functional groups attached to an aromatic ring is 1. The van der Waals surface area contributed by atoms with E-state index in [9.17, 15) is 9.59 Å². The Kier molecular flexibility index (Phi) is 7.15. The molecule has 5 N–H and O–H groups in total. The van der Waals surface area contributed by atoms with Crippen LogP contribution in [0, 0.1) is 0 Å². The maximum atomic E-state index is 13.1. The predicted molar refractivity (Wildman–Crippen MR) is 130 cm³/mol. The Morgan fingerprint density at radius 2 is 1.80 bits per heavy atom. The summed E-state index contributed by atoms with van der Waals surface area (Å²) in [5.41, 5.74) is 0.0204. The molecular weight excluding hydrogens is 476 g/mol. The fraction of sp³-hybridized carbons (Fsp3) is 0.182. The first-order chi connectivity index (χ1) is 16.9. The molecule has 1 aromatic heterocycles. The monoisotopic (exact) mass is 498 g/mol. The van der Waals surface area contributed by atoms with Crippen LogP contribution in [0.3, 0.4) is 0 Å². The van der Waals surface area contributed by atoms with Gasteiger partial charge in [-0.15, -0.1) is 0 Å². The average Bonchev–Trinajstić information content (AvgIpc) is 2.87. The Balaban J connectivity index is 1.72. The van der Waals surface area contributed by atoms with Crippen molar-refractivity contribution in [3.63, 3.8) is 0 Å². The van der Waals surface area contributed by atoms with Crippen LogP contribution in [0.4, 0.5) is 5.69 Å². The summed E-state index contributed by atoms with van der Waals surface area (Å²) in [5.74, 6) is 12.0. The molecule has 12 nitrogen and oxygen atoms in total. The highest BCUT2D eigenvalue weighted by Crippen LogP contribution is 2.18. The third-order valence-corrected chi connectivity index (χ3v) is 5.30. The van der Waals surface area contributed by atoms with Gasteiger partial charge in [0.1, 0.15) is 5.75 Å². The third kappa shape index (κ3) is 5.35. The zero-order valence-electron chi connectivity index (χ0n) is 18.7. The van der Waals surface area contributed by atoms with Crippen LogP contribution in [0.25, 0.3) is 0 Å². The van der Waals surface area contributed by atoms with Gasteiger partial charge in [0.15, 0.2) is 0 Å². The number of benzene rings is 2. The van der Waals surface area contributed by atoms with Gasteiger partial charge in [-0.05, 0) is 48.9 Å². The molecule has 1 aliphatic rings. The molecule has 0 fully saturated rings. The largest absolute Gasteiger partial charge is 0.439 e. The number of halogens is 1. The Hall–Kier alpha value is -4.13. The molecule has 1 atom stereocenters. The molecule has 0 aliphatic carbocycles. The molecule has 0 spiro atoms. The van der Waals surface area contributed by atoms with Crippen molar-refractivity contribution in [1.82, 2.24) is 19.1 Å². The third-order valence-electron chi connectivity index (χ3n) is 5.05. The lowest BCUT2D eigenvalue weighted by atomic mass is 10.2. The number of nitrogens with zero attached hydrogens (tertiary/aromatic N) is 5. The molecule has 3 aromatic rings. The number of rotatable bonds is 6. The minimum atomic E-state index is -0.744. The van der Waals surface area contributed by atoms with E-state index in [1.54, 1.807) is 67.7 Å². The van der Waals surface area contributed by atoms with Gasteiger partial charge in [-0.2, -0.15) is 9.67 Å². The van der Waals surface area contributed by atoms with E-state index in [0.29, 0.717) is 22.4 Å². The molecule has 0 saturated heterocycles. The zero-order valence-corrected chi connectivity index (χ0v) is 19.4. The van der Waals surface area contributed by atoms with Crippen molar-refractivity contribution < 1.29 is 9.57 Å². The smallest absolute Gasteiger partial charge is 0.353 e. The van der Waals surface area contributed by atoms with Gasteiger partial charge in [-0.25, -0.2) is 25.0 Å². The van der Waals surface area contributed by atoms with E-state index >= 15 is 0 Å². The van der Waals surface area contributed by atoms with Gasteiger partial charge in [-0.1, -0.05) is 23.7 Å². The molecule has 0 radical (unpaired) electrons. The highest BCUT2D eigenvalue weighted by Gasteiger charge is 2.13. The van der Waals surface area contributed by atoms with Gasteiger partial charge in [0.05, 0.1) is 12.2 Å². The molecule has 0 amide bonds. The minimum Gasteiger partial charge on any atom is -0.439 e. The Morgan fingerprint density at radius 1 is 1.09 bits per heavy atom. The van der Waals surface area contributed by atoms with E-state index in [4.69, 9.17) is 28.1 Å². The number of nitrogens with two attached hydrogens (primary N) is 2. The van der Waals surface area contributed by atoms with E-state index in [2.05, 4.69) is 20.1 Å². The maximum Gasteiger partial charge on any atom is 0.353 e. The molecule has 182 valence electrons. The standard InChI is InChI=1S/C22H23ClN8O4/c1-2-29-21(32)30(13-14-3-5-15(23)6-4-14)20(31(24)22(29)33)27-16-7-9-17(10-8-16)34-18-11-12-26-19(28-18)35-25/h3-12,19,26H,2,13,24-25H2,1H3/b27-20-. The van der Waals surface area contributed by atoms with Crippen molar-refractivity contribution in [3.8, 4) is 5.75 Å². The van der Waals surface area contributed by atoms with Crippen LogP contribution in [0.15, 0.2) is 80.4 Å². The lowest BCUT2D eigenvalue weighted by Crippen LogP contribution is -2.57. The molecule has 1 unspecified atom stereocenters. The van der Waals surface area contributed by atoms with Gasteiger partial charge in [-0.3, -0.25) is 9.40 Å². The zero-order chi connectivity index (χ0) is 24.9. The van der Waals surface area contributed by atoms with E-state index in [1.165, 1.54) is 4.57 Å². The highest BCUT2D eigenvalue weighted by molar-refractivity contribution is 6.30. The summed E-state index contributed by atoms with van der Waals surface area (Å²) in [5, 5.41) is 3.35. The SMILES string of the molecule is CCn1c(=O)n(N)/c(=N\c2ccc(OC3=NC(ON)NC=C3)cc2)n(Cc2ccc(Cl)cc2)c1=O. The summed E-state index contributed by atoms with van der Waals surface area (Å²) in [7, 11) is 0. The Bertz CT molecular complexity index is 1450. The van der Waals surface area contributed by atoms with Gasteiger partial charge >= 0.3 is 11.4 Å². The van der Waals surface area contributed by atoms with Gasteiger partial charge in [0.25, 0.3) is 0 Å². The van der Waals surface area contributed by atoms with Crippen molar-refractivity contribution in [1.29, 1.82) is 0 Å². The second-order valence-electron chi connectivity index (χ2n) is 7.36. The van der Waals surface area contributed by atoms with Crippen molar-refractivity contribution in [2.45, 2.75) is 26.4 Å². The van der Waals surface area contributed by atoms with Crippen LogP contribution in [0.5, 0.6) is 5.75 Å². The number of ether oxygens (including phenoxy) is 1. The fourth-order valence-electron chi connectivity index (χ4n) is 3.31. The van der Waals surface area contributed by atoms with Crippen molar-refractivity contribution in [2.24, 2.45) is 15.9 Å². The van der Waals surface area contributed by atoms with Gasteiger partial charge in [0, 0.05) is 23.8 Å². The Morgan fingerprint density at radius 3 is 2.46 bits per heavy atom. The molecule has 0 bridgehead atoms. The quantitative estimate of drug-likeness (QED) is 0.331. The normalized spacial score (nSPS) is 15.6. The Labute approximate surface area is 203 Å². The summed E-state index contributed by atoms with van der Waals surface area (Å²) in [6, 6.07) is 13.6. The first kappa shape index (κ1) is 24.0. The number of aromatic nitrogens is 3. The summed E-state index contributed by atoms with van der Waals surface area (Å²) >= 11 is 5.97. The number of aliphatic imine (C=N–C) groups is 1. The van der Waals surface area contributed by atoms with Crippen LogP contribution >= 0.6 is 11.6 Å². The summed E-state index contributed by atoms with van der Waals surface area (Å²) in [4.78, 5) is 39.0. The molecule has 1 aliphatic heterocycles. The molecular formula is C22H23ClN8O4. The summed E-state index contributed by atoms with van der Waals surface area (Å²) in [6.45, 7) is 1.98. The van der Waals surface area contributed by atoms with Crippen LogP contribution in [0.1, 0.15) is 12.5 Å². The van der Waals surface area contributed by atoms with Gasteiger partial charge < -0.3 is 15.9 Å². The van der Waals surface area contributed by atoms with Crippen molar-refractivity contribution >= 4 is 23.2 Å². The average molecular weight is 499 g/mol. The molecule has 35 heavy (non-hydrogen) atoms. The topological polar surface area (TPSA) is 156 Å². The fourth-order valence-corrected chi connectivity index (χ4v) is 3.43. The first-order valence-electron chi connectivity index (χ1n) is 10.5. The number of hydrogen-bond donors (Lipinski definition) is 3. The molecule has 2 heterocycles. The second-order valence-corrected chi connectivity index (χ2v) is 7.79. The van der Waals surface area contributed by atoms with E-state index in [0.717, 1.165) is 14.8 Å². The van der Waals surface area contributed by atoms with E-state index in [-0.39, 0.29) is 18.7 Å². The lowest BCUT2D eigenvalue weighted by molar-refractivity contribution is 0.0433. The van der Waals surface area contributed by atoms with Crippen molar-refractivity contribution in [2.75, 3.05) is 5.84 Å². The molecule has 4 rings (SSSR count).